The molecule has 2 atom stereocenters. The molecule has 1 aromatic rings. The van der Waals surface area contributed by atoms with Crippen LogP contribution in [-0.4, -0.2) is 35.3 Å². The highest BCUT2D eigenvalue weighted by Crippen LogP contribution is 2.30. The van der Waals surface area contributed by atoms with Crippen molar-refractivity contribution < 1.29 is 4.74 Å². The molecule has 2 rings (SSSR count). The normalized spacial score (nSPS) is 21.7. The minimum atomic E-state index is 0.374. The molecule has 0 radical (unpaired) electrons. The SMILES string of the molecule is CNCc1nnn(C(C)C(C)C)c1C1CCOC1. The van der Waals surface area contributed by atoms with Crippen molar-refractivity contribution in [2.24, 2.45) is 5.92 Å². The van der Waals surface area contributed by atoms with Gasteiger partial charge in [0.1, 0.15) is 5.69 Å². The standard InChI is InChI=1S/C13H24N4O/c1-9(2)10(3)17-13(11-5-6-18-8-11)12(7-14-4)15-16-17/h9-11,14H,5-8H2,1-4H3. The lowest BCUT2D eigenvalue weighted by Gasteiger charge is -2.21. The van der Waals surface area contributed by atoms with Crippen molar-refractivity contribution in [1.29, 1.82) is 0 Å². The minimum Gasteiger partial charge on any atom is -0.381 e. The first-order valence-corrected chi connectivity index (χ1v) is 6.81. The highest BCUT2D eigenvalue weighted by atomic mass is 16.5. The Kier molecular flexibility index (Phi) is 4.35. The van der Waals surface area contributed by atoms with Crippen LogP contribution < -0.4 is 5.32 Å². The molecular weight excluding hydrogens is 228 g/mol. The van der Waals surface area contributed by atoms with E-state index >= 15 is 0 Å². The van der Waals surface area contributed by atoms with E-state index in [1.807, 2.05) is 7.05 Å². The maximum Gasteiger partial charge on any atom is 0.100 e. The first kappa shape index (κ1) is 13.5. The van der Waals surface area contributed by atoms with Crippen LogP contribution in [0.3, 0.4) is 0 Å². The fourth-order valence-corrected chi connectivity index (χ4v) is 2.38. The Balaban J connectivity index is 2.33. The molecule has 1 saturated heterocycles. The number of aromatic nitrogens is 3. The quantitative estimate of drug-likeness (QED) is 0.867. The van der Waals surface area contributed by atoms with E-state index in [-0.39, 0.29) is 0 Å². The van der Waals surface area contributed by atoms with Crippen molar-refractivity contribution in [3.8, 4) is 0 Å². The van der Waals surface area contributed by atoms with Gasteiger partial charge < -0.3 is 10.1 Å². The molecule has 1 aliphatic heterocycles. The summed E-state index contributed by atoms with van der Waals surface area (Å²) in [4.78, 5) is 0. The molecule has 1 fully saturated rings. The van der Waals surface area contributed by atoms with Gasteiger partial charge in [-0.1, -0.05) is 19.1 Å². The van der Waals surface area contributed by atoms with Gasteiger partial charge in [0.25, 0.3) is 0 Å². The van der Waals surface area contributed by atoms with E-state index in [1.54, 1.807) is 0 Å². The monoisotopic (exact) mass is 252 g/mol. The molecule has 0 aromatic carbocycles. The predicted octanol–water partition coefficient (Wildman–Crippen LogP) is 1.72. The second-order valence-corrected chi connectivity index (χ2v) is 5.44. The van der Waals surface area contributed by atoms with Gasteiger partial charge in [0.05, 0.1) is 18.3 Å². The van der Waals surface area contributed by atoms with E-state index < -0.39 is 0 Å². The molecule has 0 saturated carbocycles. The molecule has 1 N–H and O–H groups in total. The van der Waals surface area contributed by atoms with Crippen molar-refractivity contribution in [3.63, 3.8) is 0 Å². The maximum absolute atomic E-state index is 5.52. The van der Waals surface area contributed by atoms with Crippen molar-refractivity contribution >= 4 is 0 Å². The Morgan fingerprint density at radius 2 is 2.22 bits per heavy atom. The zero-order valence-corrected chi connectivity index (χ0v) is 11.8. The van der Waals surface area contributed by atoms with Crippen molar-refractivity contribution in [2.45, 2.75) is 45.7 Å². The maximum atomic E-state index is 5.52. The third kappa shape index (κ3) is 2.57. The summed E-state index contributed by atoms with van der Waals surface area (Å²) in [6.45, 7) is 9.08. The Labute approximate surface area is 109 Å². The molecule has 0 amide bonds. The van der Waals surface area contributed by atoms with Crippen LogP contribution in [0.1, 0.15) is 50.5 Å². The molecule has 102 valence electrons. The largest absolute Gasteiger partial charge is 0.381 e. The zero-order valence-electron chi connectivity index (χ0n) is 11.8. The van der Waals surface area contributed by atoms with Crippen molar-refractivity contribution in [2.75, 3.05) is 20.3 Å². The summed E-state index contributed by atoms with van der Waals surface area (Å²) >= 11 is 0. The van der Waals surface area contributed by atoms with E-state index in [4.69, 9.17) is 4.74 Å². The summed E-state index contributed by atoms with van der Waals surface area (Å²) in [5.41, 5.74) is 2.34. The first-order chi connectivity index (χ1) is 8.65. The van der Waals surface area contributed by atoms with Crippen molar-refractivity contribution in [1.82, 2.24) is 20.3 Å². The van der Waals surface area contributed by atoms with Gasteiger partial charge in [0.15, 0.2) is 0 Å². The number of ether oxygens (including phenoxy) is 1. The van der Waals surface area contributed by atoms with Crippen LogP contribution in [0.4, 0.5) is 0 Å². The molecule has 0 bridgehead atoms. The highest BCUT2D eigenvalue weighted by molar-refractivity contribution is 5.17. The molecule has 18 heavy (non-hydrogen) atoms. The molecule has 0 spiro atoms. The van der Waals surface area contributed by atoms with Crippen LogP contribution in [0.25, 0.3) is 0 Å². The predicted molar refractivity (Wildman–Crippen MR) is 70.5 cm³/mol. The van der Waals surface area contributed by atoms with Crippen LogP contribution in [0.15, 0.2) is 0 Å². The summed E-state index contributed by atoms with van der Waals surface area (Å²) < 4.78 is 7.63. The van der Waals surface area contributed by atoms with Gasteiger partial charge in [-0.3, -0.25) is 0 Å². The second kappa shape index (κ2) is 5.80. The third-order valence-corrected chi connectivity index (χ3v) is 3.82. The topological polar surface area (TPSA) is 52.0 Å². The van der Waals surface area contributed by atoms with Crippen LogP contribution in [0.2, 0.25) is 0 Å². The third-order valence-electron chi connectivity index (χ3n) is 3.82. The summed E-state index contributed by atoms with van der Waals surface area (Å²) in [7, 11) is 1.94. The van der Waals surface area contributed by atoms with Crippen LogP contribution in [0, 0.1) is 5.92 Å². The summed E-state index contributed by atoms with van der Waals surface area (Å²) in [5, 5.41) is 11.9. The number of hydrogen-bond donors (Lipinski definition) is 1. The highest BCUT2D eigenvalue weighted by Gasteiger charge is 2.28. The molecule has 2 unspecified atom stereocenters. The van der Waals surface area contributed by atoms with E-state index in [9.17, 15) is 0 Å². The van der Waals surface area contributed by atoms with Gasteiger partial charge >= 0.3 is 0 Å². The average molecular weight is 252 g/mol. The van der Waals surface area contributed by atoms with Gasteiger partial charge in [0.2, 0.25) is 0 Å². The molecule has 5 nitrogen and oxygen atoms in total. The van der Waals surface area contributed by atoms with Gasteiger partial charge in [-0.2, -0.15) is 0 Å². The molecular formula is C13H24N4O. The van der Waals surface area contributed by atoms with Gasteiger partial charge in [-0.25, -0.2) is 4.68 Å². The molecule has 1 aliphatic rings. The first-order valence-electron chi connectivity index (χ1n) is 6.81. The Morgan fingerprint density at radius 1 is 1.44 bits per heavy atom. The van der Waals surface area contributed by atoms with Gasteiger partial charge in [0, 0.05) is 19.1 Å². The van der Waals surface area contributed by atoms with Crippen LogP contribution in [0.5, 0.6) is 0 Å². The summed E-state index contributed by atoms with van der Waals surface area (Å²) in [6, 6.07) is 0.374. The lowest BCUT2D eigenvalue weighted by Crippen LogP contribution is -2.19. The number of nitrogens with zero attached hydrogens (tertiary/aromatic N) is 3. The summed E-state index contributed by atoms with van der Waals surface area (Å²) in [6.07, 6.45) is 1.08. The zero-order chi connectivity index (χ0) is 13.1. The van der Waals surface area contributed by atoms with E-state index in [1.165, 1.54) is 5.69 Å². The molecule has 0 aliphatic carbocycles. The fourth-order valence-electron chi connectivity index (χ4n) is 2.38. The van der Waals surface area contributed by atoms with Crippen LogP contribution in [-0.2, 0) is 11.3 Å². The van der Waals surface area contributed by atoms with Crippen molar-refractivity contribution in [3.05, 3.63) is 11.4 Å². The number of rotatable bonds is 5. The lowest BCUT2D eigenvalue weighted by molar-refractivity contribution is 0.192. The van der Waals surface area contributed by atoms with E-state index in [2.05, 4.69) is 41.1 Å². The van der Waals surface area contributed by atoms with E-state index in [0.717, 1.165) is 31.9 Å². The Bertz CT molecular complexity index is 382. The van der Waals surface area contributed by atoms with Crippen LogP contribution >= 0.6 is 0 Å². The van der Waals surface area contributed by atoms with Gasteiger partial charge in [-0.15, -0.1) is 5.10 Å². The molecule has 5 heteroatoms. The smallest absolute Gasteiger partial charge is 0.100 e. The number of hydrogen-bond acceptors (Lipinski definition) is 4. The van der Waals surface area contributed by atoms with E-state index in [0.29, 0.717) is 17.9 Å². The summed E-state index contributed by atoms with van der Waals surface area (Å²) in [5.74, 6) is 1.000. The Morgan fingerprint density at radius 3 is 2.78 bits per heavy atom. The average Bonchev–Trinajstić information content (AvgIpc) is 2.96. The minimum absolute atomic E-state index is 0.374. The second-order valence-electron chi connectivity index (χ2n) is 5.44. The van der Waals surface area contributed by atoms with Gasteiger partial charge in [-0.05, 0) is 26.3 Å². The number of nitrogens with one attached hydrogen (secondary N) is 1. The lowest BCUT2D eigenvalue weighted by atomic mass is 10.00. The molecule has 1 aromatic heterocycles. The molecule has 2 heterocycles. The Hall–Kier alpha value is -0.940. The fraction of sp³-hybridized carbons (Fsp3) is 0.846.